The summed E-state index contributed by atoms with van der Waals surface area (Å²) in [7, 11) is 0. The van der Waals surface area contributed by atoms with Gasteiger partial charge < -0.3 is 20.0 Å². The number of nitrogens with one attached hydrogen (secondary N) is 2. The van der Waals surface area contributed by atoms with E-state index in [0.29, 0.717) is 22.3 Å². The summed E-state index contributed by atoms with van der Waals surface area (Å²) < 4.78 is 19.6. The number of pyridine rings is 1. The second-order valence-electron chi connectivity index (χ2n) is 7.88. The van der Waals surface area contributed by atoms with Crippen LogP contribution in [0.2, 0.25) is 0 Å². The molecule has 0 aliphatic carbocycles. The molecule has 2 N–H and O–H groups in total. The molecule has 170 valence electrons. The number of hydrogen-bond acceptors (Lipinski definition) is 4. The second kappa shape index (κ2) is 9.44. The number of amides is 1. The molecule has 1 amide bonds. The lowest BCUT2D eigenvalue weighted by atomic mass is 10.0. The summed E-state index contributed by atoms with van der Waals surface area (Å²) >= 11 is 5.62. The van der Waals surface area contributed by atoms with E-state index >= 15 is 0 Å². The minimum absolute atomic E-state index is 0.0291. The lowest BCUT2D eigenvalue weighted by molar-refractivity contribution is -0.116. The van der Waals surface area contributed by atoms with Crippen molar-refractivity contribution in [3.05, 3.63) is 108 Å². The van der Waals surface area contributed by atoms with E-state index in [1.807, 2.05) is 60.7 Å². The standard InChI is InChI=1S/C26H21FN4O2S/c27-18-11-9-17(10-12-18)21-13-14-22(33-21)25-24(20-8-4-5-15-28-20)30-26(34)31(25)16-23(32)29-19-6-2-1-3-7-19/h1-15,24-25H,16H2,(H,29,32)(H,30,34)/t24-,25+/m0/s1. The molecule has 1 aliphatic rings. The highest BCUT2D eigenvalue weighted by Crippen LogP contribution is 2.40. The van der Waals surface area contributed by atoms with Gasteiger partial charge in [-0.1, -0.05) is 24.3 Å². The van der Waals surface area contributed by atoms with E-state index in [-0.39, 0.29) is 24.3 Å². The van der Waals surface area contributed by atoms with Gasteiger partial charge in [-0.05, 0) is 72.9 Å². The molecule has 2 aromatic heterocycles. The number of para-hydroxylation sites is 1. The van der Waals surface area contributed by atoms with Gasteiger partial charge in [0.2, 0.25) is 5.91 Å². The molecule has 1 fully saturated rings. The molecule has 3 heterocycles. The molecule has 1 aliphatic heterocycles. The molecule has 0 bridgehead atoms. The van der Waals surface area contributed by atoms with Gasteiger partial charge in [0.05, 0.1) is 11.7 Å². The fraction of sp³-hybridized carbons (Fsp3) is 0.115. The zero-order valence-electron chi connectivity index (χ0n) is 18.0. The Hall–Kier alpha value is -4.04. The minimum Gasteiger partial charge on any atom is -0.459 e. The van der Waals surface area contributed by atoms with Crippen LogP contribution >= 0.6 is 12.2 Å². The van der Waals surface area contributed by atoms with Crippen LogP contribution in [0.25, 0.3) is 11.3 Å². The number of nitrogens with zero attached hydrogens (tertiary/aromatic N) is 2. The van der Waals surface area contributed by atoms with E-state index in [1.165, 1.54) is 12.1 Å². The van der Waals surface area contributed by atoms with Crippen LogP contribution in [0.5, 0.6) is 0 Å². The average Bonchev–Trinajstić information content (AvgIpc) is 3.46. The Balaban J connectivity index is 1.46. The molecule has 0 radical (unpaired) electrons. The number of rotatable bonds is 6. The number of aromatic nitrogens is 1. The number of benzene rings is 2. The Labute approximate surface area is 201 Å². The Morgan fingerprint density at radius 1 is 1.03 bits per heavy atom. The predicted octanol–water partition coefficient (Wildman–Crippen LogP) is 5.09. The van der Waals surface area contributed by atoms with Crippen molar-refractivity contribution in [2.45, 2.75) is 12.1 Å². The minimum atomic E-state index is -0.405. The van der Waals surface area contributed by atoms with Crippen molar-refractivity contribution in [3.63, 3.8) is 0 Å². The molecule has 0 saturated carbocycles. The van der Waals surface area contributed by atoms with Gasteiger partial charge >= 0.3 is 0 Å². The molecular formula is C26H21FN4O2S. The van der Waals surface area contributed by atoms with Crippen LogP contribution in [0.1, 0.15) is 23.5 Å². The zero-order valence-corrected chi connectivity index (χ0v) is 18.8. The largest absolute Gasteiger partial charge is 0.459 e. The van der Waals surface area contributed by atoms with Gasteiger partial charge in [-0.2, -0.15) is 0 Å². The fourth-order valence-corrected chi connectivity index (χ4v) is 4.35. The molecule has 1 saturated heterocycles. The van der Waals surface area contributed by atoms with Crippen molar-refractivity contribution in [3.8, 4) is 11.3 Å². The highest BCUT2D eigenvalue weighted by molar-refractivity contribution is 7.80. The van der Waals surface area contributed by atoms with Crippen LogP contribution in [-0.2, 0) is 4.79 Å². The van der Waals surface area contributed by atoms with E-state index in [0.717, 1.165) is 11.3 Å². The molecule has 4 aromatic rings. The second-order valence-corrected chi connectivity index (χ2v) is 8.26. The number of thiocarbonyl (C=S) groups is 1. The third-order valence-electron chi connectivity index (χ3n) is 5.62. The maximum atomic E-state index is 13.4. The van der Waals surface area contributed by atoms with Crippen LogP contribution in [0.3, 0.4) is 0 Å². The zero-order chi connectivity index (χ0) is 23.5. The predicted molar refractivity (Wildman–Crippen MR) is 131 cm³/mol. The van der Waals surface area contributed by atoms with Crippen molar-refractivity contribution in [2.24, 2.45) is 0 Å². The molecule has 0 unspecified atom stereocenters. The first-order valence-corrected chi connectivity index (χ1v) is 11.2. The maximum absolute atomic E-state index is 13.4. The number of anilines is 1. The molecular weight excluding hydrogens is 451 g/mol. The number of halogens is 1. The smallest absolute Gasteiger partial charge is 0.244 e. The highest BCUT2D eigenvalue weighted by Gasteiger charge is 2.42. The number of carbonyl (C=O) groups excluding carboxylic acids is 1. The maximum Gasteiger partial charge on any atom is 0.244 e. The van der Waals surface area contributed by atoms with Crippen LogP contribution in [-0.4, -0.2) is 27.4 Å². The lowest BCUT2D eigenvalue weighted by Crippen LogP contribution is -2.36. The fourth-order valence-electron chi connectivity index (χ4n) is 4.04. The molecule has 8 heteroatoms. The summed E-state index contributed by atoms with van der Waals surface area (Å²) in [5.41, 5.74) is 2.24. The van der Waals surface area contributed by atoms with Crippen molar-refractivity contribution in [2.75, 3.05) is 11.9 Å². The summed E-state index contributed by atoms with van der Waals surface area (Å²) in [5.74, 6) is 0.704. The van der Waals surface area contributed by atoms with E-state index in [1.54, 1.807) is 23.2 Å². The van der Waals surface area contributed by atoms with Crippen LogP contribution < -0.4 is 10.6 Å². The van der Waals surface area contributed by atoms with Crippen LogP contribution in [0.4, 0.5) is 10.1 Å². The van der Waals surface area contributed by atoms with Gasteiger partial charge in [0.15, 0.2) is 5.11 Å². The number of carbonyl (C=O) groups is 1. The monoisotopic (exact) mass is 472 g/mol. The average molecular weight is 473 g/mol. The van der Waals surface area contributed by atoms with E-state index in [2.05, 4.69) is 15.6 Å². The van der Waals surface area contributed by atoms with Gasteiger partial charge in [-0.25, -0.2) is 4.39 Å². The molecule has 5 rings (SSSR count). The first-order chi connectivity index (χ1) is 16.6. The third-order valence-corrected chi connectivity index (χ3v) is 5.97. The number of hydrogen-bond donors (Lipinski definition) is 2. The quantitative estimate of drug-likeness (QED) is 0.381. The Bertz CT molecular complexity index is 1300. The Morgan fingerprint density at radius 3 is 2.53 bits per heavy atom. The van der Waals surface area contributed by atoms with Gasteiger partial charge in [0, 0.05) is 17.4 Å². The van der Waals surface area contributed by atoms with Gasteiger partial charge in [-0.15, -0.1) is 0 Å². The van der Waals surface area contributed by atoms with Gasteiger partial charge in [0.25, 0.3) is 0 Å². The first-order valence-electron chi connectivity index (χ1n) is 10.8. The molecule has 0 spiro atoms. The summed E-state index contributed by atoms with van der Waals surface area (Å²) in [6.45, 7) is 0.0291. The van der Waals surface area contributed by atoms with Gasteiger partial charge in [0.1, 0.15) is 29.9 Å². The Morgan fingerprint density at radius 2 is 1.79 bits per heavy atom. The third kappa shape index (κ3) is 4.53. The van der Waals surface area contributed by atoms with Crippen molar-refractivity contribution < 1.29 is 13.6 Å². The summed E-state index contributed by atoms with van der Waals surface area (Å²) in [6, 6.07) is 24.0. The van der Waals surface area contributed by atoms with Crippen LogP contribution in [0.15, 0.2) is 95.5 Å². The summed E-state index contributed by atoms with van der Waals surface area (Å²) in [6.07, 6.45) is 1.72. The van der Waals surface area contributed by atoms with E-state index in [9.17, 15) is 9.18 Å². The van der Waals surface area contributed by atoms with Gasteiger partial charge in [-0.3, -0.25) is 9.78 Å². The highest BCUT2D eigenvalue weighted by atomic mass is 32.1. The Kier molecular flexibility index (Phi) is 6.05. The molecule has 34 heavy (non-hydrogen) atoms. The van der Waals surface area contributed by atoms with E-state index in [4.69, 9.17) is 16.6 Å². The first kappa shape index (κ1) is 21.8. The normalized spacial score (nSPS) is 17.4. The van der Waals surface area contributed by atoms with Crippen molar-refractivity contribution in [1.29, 1.82) is 0 Å². The van der Waals surface area contributed by atoms with Crippen molar-refractivity contribution in [1.82, 2.24) is 15.2 Å². The van der Waals surface area contributed by atoms with Crippen LogP contribution in [0, 0.1) is 5.82 Å². The molecule has 2 aromatic carbocycles. The summed E-state index contributed by atoms with van der Waals surface area (Å²) in [4.78, 5) is 19.2. The molecule has 6 nitrogen and oxygen atoms in total. The lowest BCUT2D eigenvalue weighted by Gasteiger charge is -2.25. The topological polar surface area (TPSA) is 70.4 Å². The SMILES string of the molecule is O=C(CN1C(=S)N[C@@H](c2ccccn2)[C@H]1c1ccc(-c2ccc(F)cc2)o1)Nc1ccccc1. The van der Waals surface area contributed by atoms with E-state index < -0.39 is 6.04 Å². The molecule has 2 atom stereocenters. The van der Waals surface area contributed by atoms with Crippen molar-refractivity contribution >= 4 is 28.9 Å². The number of furan rings is 1. The summed E-state index contributed by atoms with van der Waals surface area (Å²) in [5, 5.41) is 6.64.